The van der Waals surface area contributed by atoms with Crippen molar-refractivity contribution in [2.24, 2.45) is 5.92 Å². The summed E-state index contributed by atoms with van der Waals surface area (Å²) in [7, 11) is 0. The zero-order valence-corrected chi connectivity index (χ0v) is 20.6. The molecule has 0 atom stereocenters. The first-order valence-corrected chi connectivity index (χ1v) is 12.7. The normalized spacial score (nSPS) is 14.0. The molecule has 184 valence electrons. The number of benzene rings is 2. The third-order valence-corrected chi connectivity index (χ3v) is 6.27. The molecule has 1 saturated heterocycles. The maximum absolute atomic E-state index is 12.8. The van der Waals surface area contributed by atoms with Gasteiger partial charge in [-0.3, -0.25) is 9.59 Å². The Morgan fingerprint density at radius 1 is 0.971 bits per heavy atom. The van der Waals surface area contributed by atoms with Crippen LogP contribution < -0.4 is 15.4 Å². The molecular weight excluding hydrogens is 426 g/mol. The molecule has 1 aliphatic rings. The molecule has 3 rings (SSSR count). The Bertz CT molecular complexity index is 923. The second kappa shape index (κ2) is 13.6. The maximum Gasteiger partial charge on any atom is 0.253 e. The third kappa shape index (κ3) is 8.40. The minimum absolute atomic E-state index is 0.0576. The number of hydrogen-bond donors (Lipinski definition) is 2. The van der Waals surface area contributed by atoms with Gasteiger partial charge >= 0.3 is 0 Å². The highest BCUT2D eigenvalue weighted by molar-refractivity contribution is 5.96. The molecule has 0 spiro atoms. The molecule has 0 bridgehead atoms. The van der Waals surface area contributed by atoms with Crippen LogP contribution in [0.1, 0.15) is 69.2 Å². The lowest BCUT2D eigenvalue weighted by molar-refractivity contribution is -0.114. The largest absolute Gasteiger partial charge is 0.494 e. The van der Waals surface area contributed by atoms with Gasteiger partial charge in [0.15, 0.2) is 0 Å². The van der Waals surface area contributed by atoms with Gasteiger partial charge in [0.05, 0.1) is 13.2 Å². The van der Waals surface area contributed by atoms with Gasteiger partial charge in [-0.05, 0) is 55.5 Å². The number of rotatable bonds is 12. The summed E-state index contributed by atoms with van der Waals surface area (Å²) in [5, 5.41) is 6.04. The number of anilines is 2. The highest BCUT2D eigenvalue weighted by atomic mass is 16.5. The molecule has 2 aromatic carbocycles. The van der Waals surface area contributed by atoms with Gasteiger partial charge < -0.3 is 20.3 Å². The second-order valence-electron chi connectivity index (χ2n) is 9.25. The minimum Gasteiger partial charge on any atom is -0.494 e. The predicted molar refractivity (Wildman–Crippen MR) is 139 cm³/mol. The van der Waals surface area contributed by atoms with E-state index in [1.165, 1.54) is 25.7 Å². The summed E-state index contributed by atoms with van der Waals surface area (Å²) in [6.45, 7) is 6.86. The number of amides is 2. The molecule has 1 aliphatic heterocycles. The number of piperidine rings is 1. The van der Waals surface area contributed by atoms with Gasteiger partial charge in [0.2, 0.25) is 5.91 Å². The van der Waals surface area contributed by atoms with Crippen molar-refractivity contribution in [3.05, 3.63) is 54.1 Å². The SMILES string of the molecule is CCCCCCCOc1cccc(NC(=O)CNc2cccc(C(=O)N3CCC(C)CC3)c2)c1. The fourth-order valence-electron chi connectivity index (χ4n) is 4.10. The van der Waals surface area contributed by atoms with Gasteiger partial charge in [-0.2, -0.15) is 0 Å². The Morgan fingerprint density at radius 2 is 1.71 bits per heavy atom. The topological polar surface area (TPSA) is 70.7 Å². The molecular formula is C28H39N3O3. The summed E-state index contributed by atoms with van der Waals surface area (Å²) >= 11 is 0. The van der Waals surface area contributed by atoms with E-state index in [2.05, 4.69) is 24.5 Å². The van der Waals surface area contributed by atoms with Crippen LogP contribution in [0, 0.1) is 5.92 Å². The van der Waals surface area contributed by atoms with E-state index in [1.807, 2.05) is 53.4 Å². The summed E-state index contributed by atoms with van der Waals surface area (Å²) in [5.41, 5.74) is 2.12. The smallest absolute Gasteiger partial charge is 0.253 e. The molecule has 0 radical (unpaired) electrons. The average molecular weight is 466 g/mol. The quantitative estimate of drug-likeness (QED) is 0.380. The van der Waals surface area contributed by atoms with E-state index in [0.29, 0.717) is 23.8 Å². The fourth-order valence-corrected chi connectivity index (χ4v) is 4.10. The molecule has 2 N–H and O–H groups in total. The van der Waals surface area contributed by atoms with Crippen LogP contribution in [0.4, 0.5) is 11.4 Å². The van der Waals surface area contributed by atoms with Crippen molar-refractivity contribution in [3.63, 3.8) is 0 Å². The van der Waals surface area contributed by atoms with Crippen LogP contribution in [-0.2, 0) is 4.79 Å². The average Bonchev–Trinajstić information content (AvgIpc) is 2.85. The Labute approximate surface area is 204 Å². The van der Waals surface area contributed by atoms with Gasteiger partial charge in [0.25, 0.3) is 5.91 Å². The zero-order chi connectivity index (χ0) is 24.2. The lowest BCUT2D eigenvalue weighted by Gasteiger charge is -2.30. The van der Waals surface area contributed by atoms with Crippen molar-refractivity contribution in [3.8, 4) is 5.75 Å². The second-order valence-corrected chi connectivity index (χ2v) is 9.25. The Hall–Kier alpha value is -3.02. The summed E-state index contributed by atoms with van der Waals surface area (Å²) in [5.74, 6) is 1.35. The fraction of sp³-hybridized carbons (Fsp3) is 0.500. The third-order valence-electron chi connectivity index (χ3n) is 6.27. The van der Waals surface area contributed by atoms with E-state index in [9.17, 15) is 9.59 Å². The van der Waals surface area contributed by atoms with Gasteiger partial charge in [-0.15, -0.1) is 0 Å². The molecule has 1 fully saturated rings. The monoisotopic (exact) mass is 465 g/mol. The molecule has 0 unspecified atom stereocenters. The lowest BCUT2D eigenvalue weighted by Crippen LogP contribution is -2.37. The molecule has 0 saturated carbocycles. The van der Waals surface area contributed by atoms with Crippen LogP contribution >= 0.6 is 0 Å². The van der Waals surface area contributed by atoms with Crippen LogP contribution in [0.3, 0.4) is 0 Å². The van der Waals surface area contributed by atoms with Crippen molar-refractivity contribution in [2.75, 3.05) is 36.9 Å². The Morgan fingerprint density at radius 3 is 2.50 bits per heavy atom. The van der Waals surface area contributed by atoms with Crippen molar-refractivity contribution < 1.29 is 14.3 Å². The van der Waals surface area contributed by atoms with Gasteiger partial charge in [0, 0.05) is 36.1 Å². The molecule has 2 amide bonds. The number of nitrogens with zero attached hydrogens (tertiary/aromatic N) is 1. The zero-order valence-electron chi connectivity index (χ0n) is 20.6. The molecule has 0 aliphatic carbocycles. The summed E-state index contributed by atoms with van der Waals surface area (Å²) in [6.07, 6.45) is 8.08. The van der Waals surface area contributed by atoms with E-state index in [4.69, 9.17) is 4.74 Å². The van der Waals surface area contributed by atoms with Crippen molar-refractivity contribution in [1.82, 2.24) is 4.90 Å². The molecule has 34 heavy (non-hydrogen) atoms. The van der Waals surface area contributed by atoms with Crippen LogP contribution in [-0.4, -0.2) is 43.0 Å². The van der Waals surface area contributed by atoms with Crippen LogP contribution in [0.25, 0.3) is 0 Å². The molecule has 1 heterocycles. The van der Waals surface area contributed by atoms with Gasteiger partial charge in [-0.1, -0.05) is 51.7 Å². The number of carbonyl (C=O) groups is 2. The first-order valence-electron chi connectivity index (χ1n) is 12.7. The standard InChI is InChI=1S/C28H39N3O3/c1-3-4-5-6-7-18-34-26-13-9-12-25(20-26)30-27(32)21-29-24-11-8-10-23(19-24)28(33)31-16-14-22(2)15-17-31/h8-13,19-20,22,29H,3-7,14-18,21H2,1-2H3,(H,30,32). The number of likely N-dealkylation sites (tertiary alicyclic amines) is 1. The van der Waals surface area contributed by atoms with Crippen LogP contribution in [0.2, 0.25) is 0 Å². The van der Waals surface area contributed by atoms with Crippen LogP contribution in [0.5, 0.6) is 5.75 Å². The molecule has 0 aromatic heterocycles. The van der Waals surface area contributed by atoms with E-state index in [0.717, 1.165) is 43.8 Å². The van der Waals surface area contributed by atoms with Gasteiger partial charge in [-0.25, -0.2) is 0 Å². The summed E-state index contributed by atoms with van der Waals surface area (Å²) < 4.78 is 5.83. The number of ether oxygens (including phenoxy) is 1. The highest BCUT2D eigenvalue weighted by Crippen LogP contribution is 2.20. The summed E-state index contributed by atoms with van der Waals surface area (Å²) in [6, 6.07) is 14.9. The van der Waals surface area contributed by atoms with E-state index in [-0.39, 0.29) is 18.4 Å². The number of carbonyl (C=O) groups excluding carboxylic acids is 2. The first-order chi connectivity index (χ1) is 16.5. The van der Waals surface area contributed by atoms with E-state index < -0.39 is 0 Å². The van der Waals surface area contributed by atoms with Crippen molar-refractivity contribution >= 4 is 23.2 Å². The highest BCUT2D eigenvalue weighted by Gasteiger charge is 2.21. The van der Waals surface area contributed by atoms with Crippen molar-refractivity contribution in [2.45, 2.75) is 58.8 Å². The van der Waals surface area contributed by atoms with E-state index in [1.54, 1.807) is 0 Å². The van der Waals surface area contributed by atoms with Crippen molar-refractivity contribution in [1.29, 1.82) is 0 Å². The number of hydrogen-bond acceptors (Lipinski definition) is 4. The molecule has 6 heteroatoms. The number of unbranched alkanes of at least 4 members (excludes halogenated alkanes) is 4. The van der Waals surface area contributed by atoms with Gasteiger partial charge in [0.1, 0.15) is 5.75 Å². The Balaban J connectivity index is 1.44. The maximum atomic E-state index is 12.8. The minimum atomic E-state index is -0.154. The molecule has 6 nitrogen and oxygen atoms in total. The Kier molecular flexibility index (Phi) is 10.3. The summed E-state index contributed by atoms with van der Waals surface area (Å²) in [4.78, 5) is 27.2. The van der Waals surface area contributed by atoms with E-state index >= 15 is 0 Å². The predicted octanol–water partition coefficient (Wildman–Crippen LogP) is 5.96. The lowest BCUT2D eigenvalue weighted by atomic mass is 9.98. The van der Waals surface area contributed by atoms with Crippen LogP contribution in [0.15, 0.2) is 48.5 Å². The molecule has 2 aromatic rings. The first kappa shape index (κ1) is 25.6. The number of nitrogens with one attached hydrogen (secondary N) is 2.